The molecule has 1 atom stereocenters. The van der Waals surface area contributed by atoms with Gasteiger partial charge in [0.2, 0.25) is 5.91 Å². The highest BCUT2D eigenvalue weighted by Gasteiger charge is 2.13. The molecule has 2 aromatic carbocycles. The maximum absolute atomic E-state index is 12.4. The van der Waals surface area contributed by atoms with Crippen LogP contribution in [-0.4, -0.2) is 25.0 Å². The van der Waals surface area contributed by atoms with Crippen molar-refractivity contribution in [1.29, 1.82) is 0 Å². The normalized spacial score (nSPS) is 11.8. The Morgan fingerprint density at radius 1 is 1.12 bits per heavy atom. The second kappa shape index (κ2) is 9.42. The molecule has 0 bridgehead atoms. The molecule has 26 heavy (non-hydrogen) atoms. The highest BCUT2D eigenvalue weighted by molar-refractivity contribution is 6.07. The number of nitrogens with one attached hydrogen (secondary N) is 2. The molecule has 0 unspecified atom stereocenters. The van der Waals surface area contributed by atoms with Crippen molar-refractivity contribution in [2.45, 2.75) is 26.3 Å². The molecule has 0 aliphatic carbocycles. The Morgan fingerprint density at radius 2 is 1.81 bits per heavy atom. The van der Waals surface area contributed by atoms with E-state index in [1.54, 1.807) is 37.5 Å². The third-order valence-electron chi connectivity index (χ3n) is 3.97. The first kappa shape index (κ1) is 19.2. The summed E-state index contributed by atoms with van der Waals surface area (Å²) in [6.45, 7) is 3.94. The van der Waals surface area contributed by atoms with Crippen LogP contribution >= 0.6 is 0 Å². The fourth-order valence-electron chi connectivity index (χ4n) is 2.34. The van der Waals surface area contributed by atoms with Gasteiger partial charge in [0.25, 0.3) is 5.91 Å². The van der Waals surface area contributed by atoms with Crippen LogP contribution < -0.4 is 15.4 Å². The number of para-hydroxylation sites is 2. The van der Waals surface area contributed by atoms with Crippen molar-refractivity contribution >= 4 is 23.6 Å². The molecule has 0 saturated carbocycles. The van der Waals surface area contributed by atoms with Crippen LogP contribution in [0.25, 0.3) is 6.08 Å². The van der Waals surface area contributed by atoms with Gasteiger partial charge in [-0.3, -0.25) is 9.59 Å². The van der Waals surface area contributed by atoms with E-state index < -0.39 is 0 Å². The van der Waals surface area contributed by atoms with E-state index in [1.807, 2.05) is 38.1 Å². The zero-order valence-electron chi connectivity index (χ0n) is 15.3. The van der Waals surface area contributed by atoms with Gasteiger partial charge in [-0.15, -0.1) is 0 Å². The summed E-state index contributed by atoms with van der Waals surface area (Å²) in [5, 5.41) is 5.67. The van der Waals surface area contributed by atoms with E-state index >= 15 is 0 Å². The van der Waals surface area contributed by atoms with Crippen molar-refractivity contribution < 1.29 is 14.3 Å². The van der Waals surface area contributed by atoms with Gasteiger partial charge in [-0.25, -0.2) is 0 Å². The molecule has 0 aliphatic heterocycles. The summed E-state index contributed by atoms with van der Waals surface area (Å²) in [5.41, 5.74) is 1.71. The molecule has 0 spiro atoms. The average Bonchev–Trinajstić information content (AvgIpc) is 2.66. The maximum atomic E-state index is 12.4. The van der Waals surface area contributed by atoms with Crippen LogP contribution in [0.1, 0.15) is 36.2 Å². The Kier molecular flexibility index (Phi) is 6.97. The molecule has 0 fully saturated rings. The molecule has 0 radical (unpaired) electrons. The molecule has 5 heteroatoms. The van der Waals surface area contributed by atoms with Gasteiger partial charge in [0.05, 0.1) is 18.4 Å². The minimum atomic E-state index is -0.320. The van der Waals surface area contributed by atoms with Crippen molar-refractivity contribution in [3.8, 4) is 5.75 Å². The second-order valence-corrected chi connectivity index (χ2v) is 5.89. The highest BCUT2D eigenvalue weighted by Crippen LogP contribution is 2.19. The molecule has 0 heterocycles. The Morgan fingerprint density at radius 3 is 2.54 bits per heavy atom. The number of methoxy groups -OCH3 is 1. The van der Waals surface area contributed by atoms with E-state index in [-0.39, 0.29) is 17.9 Å². The third-order valence-corrected chi connectivity index (χ3v) is 3.97. The van der Waals surface area contributed by atoms with Crippen LogP contribution in [0.3, 0.4) is 0 Å². The molecule has 2 N–H and O–H groups in total. The minimum Gasteiger partial charge on any atom is -0.496 e. The predicted molar refractivity (Wildman–Crippen MR) is 104 cm³/mol. The van der Waals surface area contributed by atoms with Crippen LogP contribution in [0, 0.1) is 0 Å². The summed E-state index contributed by atoms with van der Waals surface area (Å²) in [6.07, 6.45) is 3.93. The van der Waals surface area contributed by atoms with Gasteiger partial charge in [-0.05, 0) is 37.6 Å². The number of carbonyl (C=O) groups is 2. The molecule has 2 rings (SSSR count). The molecule has 2 aromatic rings. The molecular weight excluding hydrogens is 328 g/mol. The Bertz CT molecular complexity index is 799. The molecule has 2 amide bonds. The lowest BCUT2D eigenvalue weighted by Crippen LogP contribution is -2.32. The summed E-state index contributed by atoms with van der Waals surface area (Å²) in [6, 6.07) is 14.4. The third kappa shape index (κ3) is 5.21. The Labute approximate surface area is 154 Å². The number of anilines is 1. The van der Waals surface area contributed by atoms with Gasteiger partial charge in [0.1, 0.15) is 5.75 Å². The lowest BCUT2D eigenvalue weighted by molar-refractivity contribution is -0.111. The molecule has 0 aliphatic rings. The fraction of sp³-hybridized carbons (Fsp3) is 0.238. The van der Waals surface area contributed by atoms with E-state index in [4.69, 9.17) is 4.74 Å². The van der Waals surface area contributed by atoms with Crippen LogP contribution in [0.4, 0.5) is 5.69 Å². The number of amides is 2. The van der Waals surface area contributed by atoms with Crippen LogP contribution in [0.5, 0.6) is 5.75 Å². The summed E-state index contributed by atoms with van der Waals surface area (Å²) in [7, 11) is 1.58. The number of carbonyl (C=O) groups excluding carboxylic acids is 2. The smallest absolute Gasteiger partial charge is 0.253 e. The maximum Gasteiger partial charge on any atom is 0.253 e. The summed E-state index contributed by atoms with van der Waals surface area (Å²) < 4.78 is 5.26. The topological polar surface area (TPSA) is 67.4 Å². The molecular formula is C21H24N2O3. The van der Waals surface area contributed by atoms with Crippen LogP contribution in [0.15, 0.2) is 54.6 Å². The van der Waals surface area contributed by atoms with Crippen molar-refractivity contribution in [1.82, 2.24) is 5.32 Å². The molecule has 0 aromatic heterocycles. The first-order chi connectivity index (χ1) is 12.5. The first-order valence-electron chi connectivity index (χ1n) is 8.57. The molecule has 5 nitrogen and oxygen atoms in total. The highest BCUT2D eigenvalue weighted by atomic mass is 16.5. The van der Waals surface area contributed by atoms with Gasteiger partial charge < -0.3 is 15.4 Å². The molecule has 136 valence electrons. The number of hydrogen-bond donors (Lipinski definition) is 2. The summed E-state index contributed by atoms with van der Waals surface area (Å²) in [5.74, 6) is 0.161. The molecule has 0 saturated heterocycles. The van der Waals surface area contributed by atoms with Crippen LogP contribution in [0.2, 0.25) is 0 Å². The van der Waals surface area contributed by atoms with Gasteiger partial charge in [0.15, 0.2) is 0 Å². The van der Waals surface area contributed by atoms with E-state index in [9.17, 15) is 9.59 Å². The monoisotopic (exact) mass is 352 g/mol. The standard InChI is InChI=1S/C21H24N2O3/c1-4-15(2)22-21(25)17-10-6-7-11-18(17)23-20(24)14-13-16-9-5-8-12-19(16)26-3/h5-15H,4H2,1-3H3,(H,22,25)(H,23,24)/b14-13+/t15-/m0/s1. The first-order valence-corrected chi connectivity index (χ1v) is 8.57. The van der Waals surface area contributed by atoms with Gasteiger partial charge in [-0.2, -0.15) is 0 Å². The Hall–Kier alpha value is -3.08. The summed E-state index contributed by atoms with van der Waals surface area (Å²) in [4.78, 5) is 24.7. The van der Waals surface area contributed by atoms with E-state index in [0.29, 0.717) is 17.0 Å². The average molecular weight is 352 g/mol. The lowest BCUT2D eigenvalue weighted by Gasteiger charge is -2.14. The minimum absolute atomic E-state index is 0.0664. The second-order valence-electron chi connectivity index (χ2n) is 5.89. The predicted octanol–water partition coefficient (Wildman–Crippen LogP) is 3.88. The quantitative estimate of drug-likeness (QED) is 0.743. The number of hydrogen-bond acceptors (Lipinski definition) is 3. The van der Waals surface area contributed by atoms with Crippen molar-refractivity contribution in [3.63, 3.8) is 0 Å². The Balaban J connectivity index is 2.12. The van der Waals surface area contributed by atoms with Crippen molar-refractivity contribution in [2.75, 3.05) is 12.4 Å². The summed E-state index contributed by atoms with van der Waals surface area (Å²) >= 11 is 0. The SMILES string of the molecule is CC[C@H](C)NC(=O)c1ccccc1NC(=O)/C=C/c1ccccc1OC. The van der Waals surface area contributed by atoms with E-state index in [2.05, 4.69) is 10.6 Å². The number of benzene rings is 2. The largest absolute Gasteiger partial charge is 0.496 e. The van der Waals surface area contributed by atoms with Crippen molar-refractivity contribution in [3.05, 3.63) is 65.7 Å². The van der Waals surface area contributed by atoms with E-state index in [1.165, 1.54) is 6.08 Å². The van der Waals surface area contributed by atoms with Gasteiger partial charge in [0, 0.05) is 17.7 Å². The van der Waals surface area contributed by atoms with Crippen LogP contribution in [-0.2, 0) is 4.79 Å². The van der Waals surface area contributed by atoms with E-state index in [0.717, 1.165) is 12.0 Å². The number of rotatable bonds is 7. The zero-order chi connectivity index (χ0) is 18.9. The number of ether oxygens (including phenoxy) is 1. The van der Waals surface area contributed by atoms with Gasteiger partial charge in [-0.1, -0.05) is 37.3 Å². The van der Waals surface area contributed by atoms with Gasteiger partial charge >= 0.3 is 0 Å². The van der Waals surface area contributed by atoms with Crippen molar-refractivity contribution in [2.24, 2.45) is 0 Å². The lowest BCUT2D eigenvalue weighted by atomic mass is 10.1. The fourth-order valence-corrected chi connectivity index (χ4v) is 2.34. The zero-order valence-corrected chi connectivity index (χ0v) is 15.3.